The van der Waals surface area contributed by atoms with Gasteiger partial charge < -0.3 is 14.8 Å². The normalized spacial score (nSPS) is 10.3. The fourth-order valence-electron chi connectivity index (χ4n) is 2.28. The molecule has 1 N–H and O–H groups in total. The van der Waals surface area contributed by atoms with Crippen LogP contribution in [-0.4, -0.2) is 13.0 Å². The standard InChI is InChI=1S/C20H15F2NO3/c1-25-18-4-2-3-5-19(18)26-15-9-7-14(8-10-15)23-20(24)13-6-11-16(21)17(22)12-13/h2-12H,1H3,(H,23,24). The van der Waals surface area contributed by atoms with E-state index in [1.165, 1.54) is 6.07 Å². The first-order valence-corrected chi connectivity index (χ1v) is 7.74. The summed E-state index contributed by atoms with van der Waals surface area (Å²) in [6.07, 6.45) is 0. The number of halogens is 2. The summed E-state index contributed by atoms with van der Waals surface area (Å²) in [6.45, 7) is 0. The molecule has 1 amide bonds. The summed E-state index contributed by atoms with van der Waals surface area (Å²) in [7, 11) is 1.55. The van der Waals surface area contributed by atoms with Crippen LogP contribution in [0.15, 0.2) is 66.7 Å². The lowest BCUT2D eigenvalue weighted by Gasteiger charge is -2.11. The second kappa shape index (κ2) is 7.65. The van der Waals surface area contributed by atoms with Gasteiger partial charge in [0, 0.05) is 11.3 Å². The number of rotatable bonds is 5. The largest absolute Gasteiger partial charge is 0.493 e. The summed E-state index contributed by atoms with van der Waals surface area (Å²) in [4.78, 5) is 12.1. The average molecular weight is 355 g/mol. The molecule has 0 fully saturated rings. The van der Waals surface area contributed by atoms with Crippen molar-refractivity contribution >= 4 is 11.6 Å². The Bertz CT molecular complexity index is 927. The van der Waals surface area contributed by atoms with Gasteiger partial charge in [0.2, 0.25) is 0 Å². The summed E-state index contributed by atoms with van der Waals surface area (Å²) in [5.74, 6) is -0.892. The van der Waals surface area contributed by atoms with E-state index in [1.807, 2.05) is 12.1 Å². The fourth-order valence-corrected chi connectivity index (χ4v) is 2.28. The van der Waals surface area contributed by atoms with Crippen molar-refractivity contribution in [2.75, 3.05) is 12.4 Å². The molecule has 0 unspecified atom stereocenters. The highest BCUT2D eigenvalue weighted by Crippen LogP contribution is 2.31. The van der Waals surface area contributed by atoms with Crippen LogP contribution in [0.25, 0.3) is 0 Å². The molecule has 0 radical (unpaired) electrons. The summed E-state index contributed by atoms with van der Waals surface area (Å²) in [6, 6.07) is 16.8. The molecule has 0 bridgehead atoms. The van der Waals surface area contributed by atoms with Gasteiger partial charge in [-0.1, -0.05) is 12.1 Å². The van der Waals surface area contributed by atoms with Gasteiger partial charge in [0.15, 0.2) is 23.1 Å². The zero-order valence-electron chi connectivity index (χ0n) is 13.8. The molecule has 0 heterocycles. The first kappa shape index (κ1) is 17.4. The highest BCUT2D eigenvalue weighted by molar-refractivity contribution is 6.04. The lowest BCUT2D eigenvalue weighted by molar-refractivity contribution is 0.102. The minimum Gasteiger partial charge on any atom is -0.493 e. The van der Waals surface area contributed by atoms with Crippen LogP contribution in [0.5, 0.6) is 17.2 Å². The Hall–Kier alpha value is -3.41. The number of carbonyl (C=O) groups excluding carboxylic acids is 1. The maximum atomic E-state index is 13.2. The summed E-state index contributed by atoms with van der Waals surface area (Å²) in [5, 5.41) is 2.61. The molecule has 4 nitrogen and oxygen atoms in total. The zero-order valence-corrected chi connectivity index (χ0v) is 13.8. The van der Waals surface area contributed by atoms with E-state index in [-0.39, 0.29) is 5.56 Å². The lowest BCUT2D eigenvalue weighted by atomic mass is 10.2. The van der Waals surface area contributed by atoms with E-state index in [2.05, 4.69) is 5.32 Å². The fraction of sp³-hybridized carbons (Fsp3) is 0.0500. The first-order valence-electron chi connectivity index (χ1n) is 7.74. The van der Waals surface area contributed by atoms with Crippen LogP contribution in [0.3, 0.4) is 0 Å². The van der Waals surface area contributed by atoms with Crippen molar-refractivity contribution in [2.45, 2.75) is 0 Å². The quantitative estimate of drug-likeness (QED) is 0.699. The zero-order chi connectivity index (χ0) is 18.5. The van der Waals surface area contributed by atoms with Crippen LogP contribution in [0.1, 0.15) is 10.4 Å². The maximum absolute atomic E-state index is 13.2. The number of amides is 1. The minimum atomic E-state index is -1.07. The number of ether oxygens (including phenoxy) is 2. The molecule has 26 heavy (non-hydrogen) atoms. The van der Waals surface area contributed by atoms with Crippen molar-refractivity contribution in [3.8, 4) is 17.2 Å². The Kier molecular flexibility index (Phi) is 5.12. The van der Waals surface area contributed by atoms with Gasteiger partial charge in [-0.2, -0.15) is 0 Å². The number of methoxy groups -OCH3 is 1. The van der Waals surface area contributed by atoms with Crippen molar-refractivity contribution in [3.63, 3.8) is 0 Å². The molecule has 3 aromatic carbocycles. The predicted molar refractivity (Wildman–Crippen MR) is 93.8 cm³/mol. The van der Waals surface area contributed by atoms with Crippen LogP contribution < -0.4 is 14.8 Å². The molecular formula is C20H15F2NO3. The maximum Gasteiger partial charge on any atom is 0.255 e. The van der Waals surface area contributed by atoms with Crippen molar-refractivity contribution in [1.29, 1.82) is 0 Å². The number of benzene rings is 3. The molecule has 0 aliphatic rings. The van der Waals surface area contributed by atoms with Gasteiger partial charge in [-0.05, 0) is 54.6 Å². The van der Waals surface area contributed by atoms with E-state index in [4.69, 9.17) is 9.47 Å². The number of hydrogen-bond donors (Lipinski definition) is 1. The number of hydrogen-bond acceptors (Lipinski definition) is 3. The Balaban J connectivity index is 1.69. The molecule has 0 saturated heterocycles. The van der Waals surface area contributed by atoms with Gasteiger partial charge in [0.05, 0.1) is 7.11 Å². The Morgan fingerprint density at radius 1 is 0.885 bits per heavy atom. The van der Waals surface area contributed by atoms with Crippen molar-refractivity contribution < 1.29 is 23.0 Å². The van der Waals surface area contributed by atoms with Gasteiger partial charge in [-0.25, -0.2) is 8.78 Å². The predicted octanol–water partition coefficient (Wildman–Crippen LogP) is 5.02. The topological polar surface area (TPSA) is 47.6 Å². The average Bonchev–Trinajstić information content (AvgIpc) is 2.66. The highest BCUT2D eigenvalue weighted by atomic mass is 19.2. The van der Waals surface area contributed by atoms with Gasteiger partial charge in [0.25, 0.3) is 5.91 Å². The number of para-hydroxylation sites is 2. The molecule has 132 valence electrons. The van der Waals surface area contributed by atoms with E-state index in [0.29, 0.717) is 22.9 Å². The second-order valence-corrected chi connectivity index (χ2v) is 5.36. The van der Waals surface area contributed by atoms with Gasteiger partial charge in [0.1, 0.15) is 5.75 Å². The monoisotopic (exact) mass is 355 g/mol. The number of nitrogens with one attached hydrogen (secondary N) is 1. The Morgan fingerprint density at radius 2 is 1.58 bits per heavy atom. The summed E-state index contributed by atoms with van der Waals surface area (Å²) in [5.41, 5.74) is 0.519. The Labute approximate surface area is 149 Å². The molecule has 0 saturated carbocycles. The summed E-state index contributed by atoms with van der Waals surface area (Å²) >= 11 is 0. The first-order chi connectivity index (χ1) is 12.6. The smallest absolute Gasteiger partial charge is 0.255 e. The summed E-state index contributed by atoms with van der Waals surface area (Å²) < 4.78 is 37.1. The number of carbonyl (C=O) groups is 1. The molecule has 0 spiro atoms. The third-order valence-electron chi connectivity index (χ3n) is 3.59. The van der Waals surface area contributed by atoms with E-state index >= 15 is 0 Å². The van der Waals surface area contributed by atoms with Crippen LogP contribution in [0.4, 0.5) is 14.5 Å². The molecular weight excluding hydrogens is 340 g/mol. The van der Waals surface area contributed by atoms with E-state index in [0.717, 1.165) is 12.1 Å². The molecule has 0 aliphatic carbocycles. The van der Waals surface area contributed by atoms with Gasteiger partial charge in [-0.3, -0.25) is 4.79 Å². The second-order valence-electron chi connectivity index (χ2n) is 5.36. The van der Waals surface area contributed by atoms with Crippen LogP contribution in [-0.2, 0) is 0 Å². The van der Waals surface area contributed by atoms with E-state index < -0.39 is 17.5 Å². The highest BCUT2D eigenvalue weighted by Gasteiger charge is 2.10. The lowest BCUT2D eigenvalue weighted by Crippen LogP contribution is -2.12. The molecule has 6 heteroatoms. The molecule has 0 aromatic heterocycles. The number of anilines is 1. The molecule has 3 aromatic rings. The van der Waals surface area contributed by atoms with Crippen molar-refractivity contribution in [1.82, 2.24) is 0 Å². The van der Waals surface area contributed by atoms with Gasteiger partial charge in [-0.15, -0.1) is 0 Å². The minimum absolute atomic E-state index is 0.0262. The van der Waals surface area contributed by atoms with Crippen molar-refractivity contribution in [3.05, 3.63) is 83.9 Å². The van der Waals surface area contributed by atoms with Crippen LogP contribution in [0.2, 0.25) is 0 Å². The molecule has 0 aliphatic heterocycles. The SMILES string of the molecule is COc1ccccc1Oc1ccc(NC(=O)c2ccc(F)c(F)c2)cc1. The van der Waals surface area contributed by atoms with E-state index in [1.54, 1.807) is 43.5 Å². The van der Waals surface area contributed by atoms with Crippen molar-refractivity contribution in [2.24, 2.45) is 0 Å². The third-order valence-corrected chi connectivity index (χ3v) is 3.59. The van der Waals surface area contributed by atoms with Crippen LogP contribution in [0, 0.1) is 11.6 Å². The van der Waals surface area contributed by atoms with Crippen LogP contribution >= 0.6 is 0 Å². The molecule has 3 rings (SSSR count). The van der Waals surface area contributed by atoms with E-state index in [9.17, 15) is 13.6 Å². The molecule has 0 atom stereocenters. The Morgan fingerprint density at radius 3 is 2.23 bits per heavy atom. The van der Waals surface area contributed by atoms with Gasteiger partial charge >= 0.3 is 0 Å². The third kappa shape index (κ3) is 3.97.